The third-order valence-electron chi connectivity index (χ3n) is 5.03. The van der Waals surface area contributed by atoms with Crippen molar-refractivity contribution in [2.75, 3.05) is 23.5 Å². The summed E-state index contributed by atoms with van der Waals surface area (Å²) in [6, 6.07) is 1.98. The number of hydrogen-bond acceptors (Lipinski definition) is 7. The number of aryl methyl sites for hydroxylation is 1. The van der Waals surface area contributed by atoms with Crippen molar-refractivity contribution in [1.29, 1.82) is 0 Å². The summed E-state index contributed by atoms with van der Waals surface area (Å²) >= 11 is 1.60. The highest BCUT2D eigenvalue weighted by Crippen LogP contribution is 2.30. The van der Waals surface area contributed by atoms with E-state index in [2.05, 4.69) is 20.0 Å². The number of aromatic nitrogens is 4. The summed E-state index contributed by atoms with van der Waals surface area (Å²) in [6.07, 6.45) is 2.23. The van der Waals surface area contributed by atoms with Gasteiger partial charge in [0.1, 0.15) is 17.0 Å². The minimum atomic E-state index is -2.93. The van der Waals surface area contributed by atoms with Crippen molar-refractivity contribution in [3.63, 3.8) is 0 Å². The Hall–Kier alpha value is -2.00. The zero-order valence-corrected chi connectivity index (χ0v) is 16.6. The Labute approximate surface area is 156 Å². The van der Waals surface area contributed by atoms with Gasteiger partial charge in [-0.1, -0.05) is 0 Å². The van der Waals surface area contributed by atoms with Crippen LogP contribution in [0.1, 0.15) is 29.4 Å². The third kappa shape index (κ3) is 2.99. The second-order valence-electron chi connectivity index (χ2n) is 6.84. The molecule has 1 saturated heterocycles. The molecule has 0 amide bonds. The number of nitrogens with zero attached hydrogens (tertiary/aromatic N) is 5. The van der Waals surface area contributed by atoms with Gasteiger partial charge in [-0.05, 0) is 31.7 Å². The fourth-order valence-corrected chi connectivity index (χ4v) is 6.06. The lowest BCUT2D eigenvalue weighted by molar-refractivity contribution is 0.485. The van der Waals surface area contributed by atoms with Gasteiger partial charge in [0.25, 0.3) is 0 Å². The molecule has 138 valence electrons. The summed E-state index contributed by atoms with van der Waals surface area (Å²) in [7, 11) is -0.925. The van der Waals surface area contributed by atoms with Gasteiger partial charge in [0.05, 0.1) is 28.6 Å². The van der Waals surface area contributed by atoms with E-state index in [1.165, 1.54) is 0 Å². The normalized spacial score (nSPS) is 19.3. The Morgan fingerprint density at radius 2 is 2.15 bits per heavy atom. The smallest absolute Gasteiger partial charge is 0.152 e. The lowest BCUT2D eigenvalue weighted by Crippen LogP contribution is -2.19. The molecule has 0 aromatic carbocycles. The van der Waals surface area contributed by atoms with Crippen molar-refractivity contribution in [2.45, 2.75) is 32.9 Å². The monoisotopic (exact) mass is 391 g/mol. The molecule has 1 fully saturated rings. The van der Waals surface area contributed by atoms with Gasteiger partial charge in [0.2, 0.25) is 0 Å². The van der Waals surface area contributed by atoms with Gasteiger partial charge in [0.15, 0.2) is 9.84 Å². The van der Waals surface area contributed by atoms with Crippen LogP contribution in [0.3, 0.4) is 0 Å². The Morgan fingerprint density at radius 1 is 1.35 bits per heavy atom. The van der Waals surface area contributed by atoms with Crippen molar-refractivity contribution >= 4 is 37.2 Å². The Morgan fingerprint density at radius 3 is 2.88 bits per heavy atom. The Kier molecular flexibility index (Phi) is 4.23. The van der Waals surface area contributed by atoms with Gasteiger partial charge in [-0.3, -0.25) is 4.68 Å². The summed E-state index contributed by atoms with van der Waals surface area (Å²) < 4.78 is 25.5. The average molecular weight is 392 g/mol. The first-order valence-electron chi connectivity index (χ1n) is 8.50. The summed E-state index contributed by atoms with van der Waals surface area (Å²) in [4.78, 5) is 11.8. The fraction of sp³-hybridized carbons (Fsp3) is 0.471. The molecular weight excluding hydrogens is 370 g/mol. The molecule has 0 spiro atoms. The molecule has 0 radical (unpaired) electrons. The minimum absolute atomic E-state index is 0.0552. The van der Waals surface area contributed by atoms with Crippen LogP contribution < -0.4 is 4.90 Å². The molecule has 3 aromatic rings. The van der Waals surface area contributed by atoms with E-state index in [4.69, 9.17) is 0 Å². The summed E-state index contributed by atoms with van der Waals surface area (Å²) in [5.41, 5.74) is 3.10. The van der Waals surface area contributed by atoms with E-state index in [0.29, 0.717) is 13.0 Å². The maximum atomic E-state index is 11.8. The third-order valence-corrected chi connectivity index (χ3v) is 7.60. The highest BCUT2D eigenvalue weighted by molar-refractivity contribution is 7.91. The fourth-order valence-electron chi connectivity index (χ4n) is 3.64. The Balaban J connectivity index is 1.64. The van der Waals surface area contributed by atoms with Crippen LogP contribution in [0.5, 0.6) is 0 Å². The molecule has 0 unspecified atom stereocenters. The van der Waals surface area contributed by atoms with Gasteiger partial charge in [-0.2, -0.15) is 5.10 Å². The van der Waals surface area contributed by atoms with Crippen LogP contribution in [0, 0.1) is 13.8 Å². The predicted molar refractivity (Wildman–Crippen MR) is 104 cm³/mol. The minimum Gasteiger partial charge on any atom is -0.355 e. The van der Waals surface area contributed by atoms with E-state index in [-0.39, 0.29) is 17.5 Å². The topological polar surface area (TPSA) is 81.0 Å². The molecule has 0 bridgehead atoms. The number of hydrogen-bond donors (Lipinski definition) is 0. The maximum Gasteiger partial charge on any atom is 0.152 e. The first-order valence-corrected chi connectivity index (χ1v) is 11.2. The predicted octanol–water partition coefficient (Wildman–Crippen LogP) is 2.50. The standard InChI is InChI=1S/C17H21N5O2S2/c1-11-15(12(2)22(20-11)13-5-7-26(23,24)9-13)8-21(3)16-14-4-6-25-17(14)19-10-18-16/h4,6,10,13H,5,7-9H2,1-3H3/t13-/m1/s1. The van der Waals surface area contributed by atoms with E-state index in [0.717, 1.165) is 33.0 Å². The number of thiophene rings is 1. The molecule has 26 heavy (non-hydrogen) atoms. The molecule has 0 saturated carbocycles. The van der Waals surface area contributed by atoms with E-state index < -0.39 is 9.84 Å². The molecular formula is C17H21N5O2S2. The van der Waals surface area contributed by atoms with E-state index in [9.17, 15) is 8.42 Å². The van der Waals surface area contributed by atoms with Crippen molar-refractivity contribution in [3.8, 4) is 0 Å². The van der Waals surface area contributed by atoms with Crippen LogP contribution in [0.25, 0.3) is 10.2 Å². The average Bonchev–Trinajstić information content (AvgIpc) is 3.27. The molecule has 1 aliphatic rings. The van der Waals surface area contributed by atoms with E-state index in [1.54, 1.807) is 17.7 Å². The molecule has 9 heteroatoms. The Bertz CT molecular complexity index is 1070. The van der Waals surface area contributed by atoms with E-state index >= 15 is 0 Å². The summed E-state index contributed by atoms with van der Waals surface area (Å²) in [5.74, 6) is 1.33. The second kappa shape index (κ2) is 6.31. The second-order valence-corrected chi connectivity index (χ2v) is 9.97. The zero-order chi connectivity index (χ0) is 18.5. The summed E-state index contributed by atoms with van der Waals surface area (Å²) in [6.45, 7) is 4.67. The van der Waals surface area contributed by atoms with Crippen LogP contribution in [-0.2, 0) is 16.4 Å². The first-order chi connectivity index (χ1) is 12.4. The van der Waals surface area contributed by atoms with Gasteiger partial charge < -0.3 is 4.90 Å². The SMILES string of the molecule is Cc1nn([C@@H]2CCS(=O)(=O)C2)c(C)c1CN(C)c1ncnc2sccc12. The molecule has 1 aliphatic heterocycles. The van der Waals surface area contributed by atoms with E-state index in [1.807, 2.05) is 37.0 Å². The van der Waals surface area contributed by atoms with Gasteiger partial charge in [-0.15, -0.1) is 11.3 Å². The van der Waals surface area contributed by atoms with Crippen LogP contribution in [0.15, 0.2) is 17.8 Å². The van der Waals surface area contributed by atoms with Crippen LogP contribution in [0.4, 0.5) is 5.82 Å². The highest BCUT2D eigenvalue weighted by Gasteiger charge is 2.31. The molecule has 1 atom stereocenters. The molecule has 4 heterocycles. The molecule has 4 rings (SSSR count). The first kappa shape index (κ1) is 17.4. The molecule has 0 N–H and O–H groups in total. The van der Waals surface area contributed by atoms with Crippen molar-refractivity contribution < 1.29 is 8.42 Å². The van der Waals surface area contributed by atoms with Crippen molar-refractivity contribution in [3.05, 3.63) is 34.7 Å². The zero-order valence-electron chi connectivity index (χ0n) is 15.0. The summed E-state index contributed by atoms with van der Waals surface area (Å²) in [5, 5.41) is 7.72. The van der Waals surface area contributed by atoms with Gasteiger partial charge in [-0.25, -0.2) is 18.4 Å². The van der Waals surface area contributed by atoms with Crippen molar-refractivity contribution in [2.24, 2.45) is 0 Å². The van der Waals surface area contributed by atoms with Crippen LogP contribution in [0.2, 0.25) is 0 Å². The molecule has 0 aliphatic carbocycles. The number of rotatable bonds is 4. The largest absolute Gasteiger partial charge is 0.355 e. The molecule has 3 aromatic heterocycles. The lowest BCUT2D eigenvalue weighted by atomic mass is 10.1. The van der Waals surface area contributed by atoms with Gasteiger partial charge in [0, 0.05) is 24.8 Å². The van der Waals surface area contributed by atoms with Crippen LogP contribution >= 0.6 is 11.3 Å². The van der Waals surface area contributed by atoms with Crippen molar-refractivity contribution in [1.82, 2.24) is 19.7 Å². The molecule has 7 nitrogen and oxygen atoms in total. The number of fused-ring (bicyclic) bond motifs is 1. The lowest BCUT2D eigenvalue weighted by Gasteiger charge is -2.19. The van der Waals surface area contributed by atoms with Crippen LogP contribution in [-0.4, -0.2) is 46.7 Å². The quantitative estimate of drug-likeness (QED) is 0.680. The van der Waals surface area contributed by atoms with Gasteiger partial charge >= 0.3 is 0 Å². The number of anilines is 1. The highest BCUT2D eigenvalue weighted by atomic mass is 32.2. The number of sulfone groups is 1. The maximum absolute atomic E-state index is 11.8.